The van der Waals surface area contributed by atoms with Gasteiger partial charge in [-0.05, 0) is 23.3 Å². The van der Waals surface area contributed by atoms with E-state index in [1.165, 1.54) is 5.56 Å². The highest BCUT2D eigenvalue weighted by molar-refractivity contribution is 5.54. The van der Waals surface area contributed by atoms with E-state index in [1.807, 2.05) is 0 Å². The summed E-state index contributed by atoms with van der Waals surface area (Å²) in [6, 6.07) is 8.64. The molecule has 1 aromatic carbocycles. The van der Waals surface area contributed by atoms with Crippen molar-refractivity contribution in [3.8, 4) is 11.4 Å². The van der Waals surface area contributed by atoms with Crippen LogP contribution in [0.25, 0.3) is 11.4 Å². The van der Waals surface area contributed by atoms with Crippen LogP contribution in [0, 0.1) is 5.41 Å². The van der Waals surface area contributed by atoms with Crippen molar-refractivity contribution in [2.45, 2.75) is 52.6 Å². The molecule has 3 rings (SSSR count). The van der Waals surface area contributed by atoms with Crippen molar-refractivity contribution in [1.82, 2.24) is 15.0 Å². The molecule has 1 aliphatic heterocycles. The molecule has 0 bridgehead atoms. The fourth-order valence-electron chi connectivity index (χ4n) is 3.26. The topological polar surface area (TPSA) is 68.2 Å². The van der Waals surface area contributed by atoms with Crippen LogP contribution in [0.2, 0.25) is 0 Å². The minimum Gasteiger partial charge on any atom is -0.338 e. The first kappa shape index (κ1) is 17.1. The average molecular weight is 328 g/mol. The van der Waals surface area contributed by atoms with Crippen LogP contribution < -0.4 is 5.73 Å². The van der Waals surface area contributed by atoms with Crippen LogP contribution in [0.1, 0.15) is 51.5 Å². The van der Waals surface area contributed by atoms with Gasteiger partial charge < -0.3 is 10.3 Å². The quantitative estimate of drug-likeness (QED) is 0.931. The Hall–Kier alpha value is -1.72. The predicted molar refractivity (Wildman–Crippen MR) is 95.5 cm³/mol. The first-order chi connectivity index (χ1) is 11.3. The molecule has 1 atom stereocenters. The van der Waals surface area contributed by atoms with E-state index in [4.69, 9.17) is 10.3 Å². The number of piperidine rings is 1. The van der Waals surface area contributed by atoms with Gasteiger partial charge >= 0.3 is 0 Å². The van der Waals surface area contributed by atoms with Gasteiger partial charge in [0, 0.05) is 24.7 Å². The third-order valence-electron chi connectivity index (χ3n) is 5.05. The fourth-order valence-corrected chi connectivity index (χ4v) is 3.26. The highest BCUT2D eigenvalue weighted by Crippen LogP contribution is 2.28. The zero-order valence-electron chi connectivity index (χ0n) is 15.1. The van der Waals surface area contributed by atoms with E-state index in [-0.39, 0.29) is 11.5 Å². The molecular weight excluding hydrogens is 300 g/mol. The Balaban J connectivity index is 1.67. The molecule has 1 unspecified atom stereocenters. The molecule has 1 fully saturated rings. The molecule has 24 heavy (non-hydrogen) atoms. The summed E-state index contributed by atoms with van der Waals surface area (Å²) >= 11 is 0. The summed E-state index contributed by atoms with van der Waals surface area (Å²) in [6.07, 6.45) is 1.00. The average Bonchev–Trinajstić information content (AvgIpc) is 2.99. The van der Waals surface area contributed by atoms with Crippen LogP contribution in [0.4, 0.5) is 0 Å². The monoisotopic (exact) mass is 328 g/mol. The molecule has 1 aliphatic rings. The lowest BCUT2D eigenvalue weighted by molar-refractivity contribution is 0.0811. The zero-order chi connectivity index (χ0) is 17.3. The van der Waals surface area contributed by atoms with Gasteiger partial charge in [0.05, 0.1) is 6.54 Å². The number of rotatable bonds is 4. The van der Waals surface area contributed by atoms with Gasteiger partial charge in [-0.25, -0.2) is 0 Å². The Bertz CT molecular complexity index is 675. The number of hydrogen-bond acceptors (Lipinski definition) is 5. The molecule has 2 N–H and O–H groups in total. The molecular formula is C19H28N4O. The third kappa shape index (κ3) is 3.68. The van der Waals surface area contributed by atoms with E-state index in [9.17, 15) is 0 Å². The second-order valence-corrected chi connectivity index (χ2v) is 7.88. The minimum absolute atomic E-state index is 0.119. The van der Waals surface area contributed by atoms with Crippen molar-refractivity contribution in [2.24, 2.45) is 11.1 Å². The zero-order valence-corrected chi connectivity index (χ0v) is 15.1. The van der Waals surface area contributed by atoms with Crippen LogP contribution in [0.3, 0.4) is 0 Å². The molecule has 1 saturated heterocycles. The molecule has 0 amide bonds. The summed E-state index contributed by atoms with van der Waals surface area (Å²) in [5.41, 5.74) is 8.63. The summed E-state index contributed by atoms with van der Waals surface area (Å²) in [5, 5.41) is 4.14. The predicted octanol–water partition coefficient (Wildman–Crippen LogP) is 3.42. The minimum atomic E-state index is 0.119. The maximum Gasteiger partial charge on any atom is 0.241 e. The molecule has 1 aromatic heterocycles. The molecule has 0 radical (unpaired) electrons. The van der Waals surface area contributed by atoms with Crippen LogP contribution in [-0.2, 0) is 6.54 Å². The van der Waals surface area contributed by atoms with E-state index in [2.05, 4.69) is 67.0 Å². The lowest BCUT2D eigenvalue weighted by atomic mass is 9.80. The van der Waals surface area contributed by atoms with Gasteiger partial charge in [0.2, 0.25) is 11.7 Å². The number of likely N-dealkylation sites (tertiary alicyclic amines) is 1. The van der Waals surface area contributed by atoms with E-state index in [0.29, 0.717) is 24.2 Å². The summed E-state index contributed by atoms with van der Waals surface area (Å²) < 4.78 is 5.46. The van der Waals surface area contributed by atoms with E-state index in [0.717, 1.165) is 25.1 Å². The highest BCUT2D eigenvalue weighted by atomic mass is 16.5. The maximum atomic E-state index is 6.20. The van der Waals surface area contributed by atoms with Gasteiger partial charge in [-0.2, -0.15) is 4.98 Å². The molecule has 5 heteroatoms. The van der Waals surface area contributed by atoms with Gasteiger partial charge in [0.1, 0.15) is 0 Å². The fraction of sp³-hybridized carbons (Fsp3) is 0.579. The van der Waals surface area contributed by atoms with Crippen molar-refractivity contribution in [3.05, 3.63) is 35.7 Å². The molecule has 5 nitrogen and oxygen atoms in total. The largest absolute Gasteiger partial charge is 0.338 e. The SMILES string of the molecule is CC(C)c1ccc(-c2noc(CN3CCC(N)C(C)(C)C3)n2)cc1. The van der Waals surface area contributed by atoms with Crippen LogP contribution in [0.15, 0.2) is 28.8 Å². The molecule has 2 heterocycles. The first-order valence-electron chi connectivity index (χ1n) is 8.76. The highest BCUT2D eigenvalue weighted by Gasteiger charge is 2.33. The molecule has 0 spiro atoms. The Labute approximate surface area is 144 Å². The normalized spacial score (nSPS) is 21.3. The lowest BCUT2D eigenvalue weighted by Gasteiger charge is -2.42. The Morgan fingerprint density at radius 2 is 2.00 bits per heavy atom. The van der Waals surface area contributed by atoms with Gasteiger partial charge in [-0.1, -0.05) is 57.1 Å². The number of aromatic nitrogens is 2. The van der Waals surface area contributed by atoms with Crippen molar-refractivity contribution < 1.29 is 4.52 Å². The summed E-state index contributed by atoms with van der Waals surface area (Å²) in [6.45, 7) is 11.4. The second-order valence-electron chi connectivity index (χ2n) is 7.88. The van der Waals surface area contributed by atoms with Crippen molar-refractivity contribution in [3.63, 3.8) is 0 Å². The summed E-state index contributed by atoms with van der Waals surface area (Å²) in [7, 11) is 0. The summed E-state index contributed by atoms with van der Waals surface area (Å²) in [5.74, 6) is 1.85. The third-order valence-corrected chi connectivity index (χ3v) is 5.05. The van der Waals surface area contributed by atoms with E-state index < -0.39 is 0 Å². The first-order valence-corrected chi connectivity index (χ1v) is 8.76. The van der Waals surface area contributed by atoms with Crippen molar-refractivity contribution >= 4 is 0 Å². The standard InChI is InChI=1S/C19H28N4O/c1-13(2)14-5-7-15(8-6-14)18-21-17(24-22-18)11-23-10-9-16(20)19(3,4)12-23/h5-8,13,16H,9-12,20H2,1-4H3. The molecule has 0 saturated carbocycles. The Morgan fingerprint density at radius 1 is 1.29 bits per heavy atom. The number of nitrogens with two attached hydrogens (primary N) is 1. The van der Waals surface area contributed by atoms with Crippen LogP contribution in [-0.4, -0.2) is 34.2 Å². The van der Waals surface area contributed by atoms with Gasteiger partial charge in [-0.15, -0.1) is 0 Å². The van der Waals surface area contributed by atoms with Crippen molar-refractivity contribution in [1.29, 1.82) is 0 Å². The Morgan fingerprint density at radius 3 is 2.62 bits per heavy atom. The van der Waals surface area contributed by atoms with E-state index in [1.54, 1.807) is 0 Å². The van der Waals surface area contributed by atoms with Crippen LogP contribution >= 0.6 is 0 Å². The van der Waals surface area contributed by atoms with Gasteiger partial charge in [0.15, 0.2) is 0 Å². The smallest absolute Gasteiger partial charge is 0.241 e. The second kappa shape index (κ2) is 6.65. The molecule has 2 aromatic rings. The number of benzene rings is 1. The van der Waals surface area contributed by atoms with Crippen LogP contribution in [0.5, 0.6) is 0 Å². The maximum absolute atomic E-state index is 6.20. The molecule has 130 valence electrons. The number of hydrogen-bond donors (Lipinski definition) is 1. The lowest BCUT2D eigenvalue weighted by Crippen LogP contribution is -2.52. The molecule has 0 aliphatic carbocycles. The van der Waals surface area contributed by atoms with Gasteiger partial charge in [0.25, 0.3) is 0 Å². The van der Waals surface area contributed by atoms with Gasteiger partial charge in [-0.3, -0.25) is 4.90 Å². The summed E-state index contributed by atoms with van der Waals surface area (Å²) in [4.78, 5) is 6.91. The van der Waals surface area contributed by atoms with Crippen molar-refractivity contribution in [2.75, 3.05) is 13.1 Å². The van der Waals surface area contributed by atoms with E-state index >= 15 is 0 Å². The Kier molecular flexibility index (Phi) is 4.74. The number of nitrogens with zero attached hydrogens (tertiary/aromatic N) is 3.